The minimum Gasteiger partial charge on any atom is -0.508 e. The quantitative estimate of drug-likeness (QED) is 0.521. The highest BCUT2D eigenvalue weighted by atomic mass is 16.3. The van der Waals surface area contributed by atoms with Crippen LogP contribution >= 0.6 is 0 Å². The summed E-state index contributed by atoms with van der Waals surface area (Å²) in [6.45, 7) is 1.83. The fourth-order valence-electron chi connectivity index (χ4n) is 3.84. The minimum atomic E-state index is -0.297. The summed E-state index contributed by atoms with van der Waals surface area (Å²) < 4.78 is 0. The third-order valence-corrected chi connectivity index (χ3v) is 5.47. The van der Waals surface area contributed by atoms with Crippen LogP contribution in [0, 0.1) is 5.92 Å². The van der Waals surface area contributed by atoms with Crippen molar-refractivity contribution >= 4 is 11.6 Å². The Balaban J connectivity index is 1.56. The van der Waals surface area contributed by atoms with Crippen LogP contribution < -0.4 is 5.43 Å². The predicted molar refractivity (Wildman–Crippen MR) is 110 cm³/mol. The van der Waals surface area contributed by atoms with Crippen molar-refractivity contribution in [2.45, 2.75) is 18.8 Å². The number of aromatic hydroxyl groups is 1. The molecular formula is C24H22N2O2. The molecular weight excluding hydrogens is 348 g/mol. The Kier molecular flexibility index (Phi) is 4.70. The van der Waals surface area contributed by atoms with E-state index in [0.29, 0.717) is 5.71 Å². The van der Waals surface area contributed by atoms with Crippen molar-refractivity contribution < 1.29 is 9.90 Å². The van der Waals surface area contributed by atoms with E-state index in [1.807, 2.05) is 43.3 Å². The molecule has 0 aromatic heterocycles. The summed E-state index contributed by atoms with van der Waals surface area (Å²) >= 11 is 0. The first-order valence-corrected chi connectivity index (χ1v) is 9.36. The molecule has 1 amide bonds. The molecule has 1 unspecified atom stereocenters. The van der Waals surface area contributed by atoms with Crippen molar-refractivity contribution in [1.82, 2.24) is 5.43 Å². The van der Waals surface area contributed by atoms with E-state index in [9.17, 15) is 9.90 Å². The van der Waals surface area contributed by atoms with E-state index in [4.69, 9.17) is 0 Å². The Labute approximate surface area is 164 Å². The van der Waals surface area contributed by atoms with Gasteiger partial charge in [-0.1, -0.05) is 60.7 Å². The number of hydrogen-bond acceptors (Lipinski definition) is 3. The molecule has 1 saturated carbocycles. The van der Waals surface area contributed by atoms with Crippen molar-refractivity contribution in [3.05, 3.63) is 102 Å². The standard InChI is InChI=1S/C24H22N2O2/c1-17(18-12-14-21(27)15-13-18)25-26-23(28)22-16-24(22,19-8-4-2-5-9-19)20-10-6-3-7-11-20/h2-15,22,27H,16H2,1H3,(H,26,28). The molecule has 3 aromatic rings. The smallest absolute Gasteiger partial charge is 0.244 e. The largest absolute Gasteiger partial charge is 0.508 e. The van der Waals surface area contributed by atoms with Gasteiger partial charge in [0.05, 0.1) is 11.6 Å². The van der Waals surface area contributed by atoms with Crippen LogP contribution in [0.3, 0.4) is 0 Å². The molecule has 140 valence electrons. The van der Waals surface area contributed by atoms with E-state index >= 15 is 0 Å². The lowest BCUT2D eigenvalue weighted by Crippen LogP contribution is -2.26. The monoisotopic (exact) mass is 370 g/mol. The maximum absolute atomic E-state index is 12.9. The van der Waals surface area contributed by atoms with E-state index in [2.05, 4.69) is 34.8 Å². The van der Waals surface area contributed by atoms with Crippen LogP contribution in [0.15, 0.2) is 90.0 Å². The summed E-state index contributed by atoms with van der Waals surface area (Å²) in [7, 11) is 0. The Morgan fingerprint density at radius 2 is 1.46 bits per heavy atom. The number of phenolic OH excluding ortho intramolecular Hbond substituents is 1. The highest BCUT2D eigenvalue weighted by Gasteiger charge is 2.60. The summed E-state index contributed by atoms with van der Waals surface area (Å²) in [6, 6.07) is 27.1. The molecule has 0 radical (unpaired) electrons. The van der Waals surface area contributed by atoms with Gasteiger partial charge in [0.15, 0.2) is 0 Å². The van der Waals surface area contributed by atoms with Gasteiger partial charge in [-0.15, -0.1) is 0 Å². The SMILES string of the molecule is CC(=NNC(=O)C1CC1(c1ccccc1)c1ccccc1)c1ccc(O)cc1. The van der Waals surface area contributed by atoms with Gasteiger partial charge in [0, 0.05) is 5.41 Å². The van der Waals surface area contributed by atoms with Crippen LogP contribution in [0.1, 0.15) is 30.0 Å². The van der Waals surface area contributed by atoms with Gasteiger partial charge in [-0.2, -0.15) is 5.10 Å². The van der Waals surface area contributed by atoms with Crippen molar-refractivity contribution in [3.63, 3.8) is 0 Å². The summed E-state index contributed by atoms with van der Waals surface area (Å²) in [6.07, 6.45) is 0.765. The zero-order valence-corrected chi connectivity index (χ0v) is 15.7. The average Bonchev–Trinajstić information content (AvgIpc) is 3.51. The minimum absolute atomic E-state index is 0.0779. The number of carbonyl (C=O) groups is 1. The lowest BCUT2D eigenvalue weighted by Gasteiger charge is -2.18. The highest BCUT2D eigenvalue weighted by Crippen LogP contribution is 2.58. The molecule has 1 fully saturated rings. The summed E-state index contributed by atoms with van der Waals surface area (Å²) in [5.74, 6) is -0.0337. The van der Waals surface area contributed by atoms with Crippen LogP contribution in [0.2, 0.25) is 0 Å². The van der Waals surface area contributed by atoms with Crippen LogP contribution in [-0.4, -0.2) is 16.7 Å². The number of benzene rings is 3. The molecule has 2 N–H and O–H groups in total. The summed E-state index contributed by atoms with van der Waals surface area (Å²) in [5, 5.41) is 13.7. The van der Waals surface area contributed by atoms with Gasteiger partial charge in [-0.05, 0) is 54.3 Å². The fraction of sp³-hybridized carbons (Fsp3) is 0.167. The van der Waals surface area contributed by atoms with E-state index in [-0.39, 0.29) is 23.0 Å². The molecule has 1 atom stereocenters. The third kappa shape index (κ3) is 3.29. The first-order valence-electron chi connectivity index (χ1n) is 9.36. The Morgan fingerprint density at radius 1 is 0.929 bits per heavy atom. The molecule has 1 aliphatic rings. The first-order chi connectivity index (χ1) is 13.6. The van der Waals surface area contributed by atoms with E-state index in [0.717, 1.165) is 23.1 Å². The Bertz CT molecular complexity index is 956. The average molecular weight is 370 g/mol. The Hall–Kier alpha value is -3.40. The van der Waals surface area contributed by atoms with E-state index in [1.165, 1.54) is 0 Å². The van der Waals surface area contributed by atoms with Gasteiger partial charge in [0.2, 0.25) is 5.91 Å². The zero-order valence-electron chi connectivity index (χ0n) is 15.7. The molecule has 4 rings (SSSR count). The third-order valence-electron chi connectivity index (χ3n) is 5.47. The molecule has 4 heteroatoms. The fourth-order valence-corrected chi connectivity index (χ4v) is 3.84. The lowest BCUT2D eigenvalue weighted by atomic mass is 9.85. The number of nitrogens with one attached hydrogen (secondary N) is 1. The van der Waals surface area contributed by atoms with Gasteiger partial charge < -0.3 is 5.11 Å². The lowest BCUT2D eigenvalue weighted by molar-refractivity contribution is -0.122. The predicted octanol–water partition coefficient (Wildman–Crippen LogP) is 4.24. The first kappa shape index (κ1) is 18.0. The second-order valence-corrected chi connectivity index (χ2v) is 7.18. The number of amides is 1. The molecule has 0 bridgehead atoms. The van der Waals surface area contributed by atoms with Crippen LogP contribution in [-0.2, 0) is 10.2 Å². The molecule has 0 spiro atoms. The van der Waals surface area contributed by atoms with E-state index < -0.39 is 0 Å². The normalized spacial score (nSPS) is 17.8. The van der Waals surface area contributed by atoms with Gasteiger partial charge >= 0.3 is 0 Å². The van der Waals surface area contributed by atoms with Crippen LogP contribution in [0.4, 0.5) is 0 Å². The van der Waals surface area contributed by atoms with E-state index in [1.54, 1.807) is 24.3 Å². The van der Waals surface area contributed by atoms with Crippen molar-refractivity contribution in [2.24, 2.45) is 11.0 Å². The molecule has 4 nitrogen and oxygen atoms in total. The molecule has 3 aromatic carbocycles. The van der Waals surface area contributed by atoms with Crippen molar-refractivity contribution in [3.8, 4) is 5.75 Å². The van der Waals surface area contributed by atoms with Crippen LogP contribution in [0.5, 0.6) is 5.75 Å². The number of hydrogen-bond donors (Lipinski definition) is 2. The molecule has 0 aliphatic heterocycles. The molecule has 1 aliphatic carbocycles. The van der Waals surface area contributed by atoms with Gasteiger partial charge in [0.1, 0.15) is 5.75 Å². The second kappa shape index (κ2) is 7.31. The van der Waals surface area contributed by atoms with Crippen LogP contribution in [0.25, 0.3) is 0 Å². The number of carbonyl (C=O) groups excluding carboxylic acids is 1. The summed E-state index contributed by atoms with van der Waals surface area (Å²) in [5.41, 5.74) is 6.29. The molecule has 28 heavy (non-hydrogen) atoms. The Morgan fingerprint density at radius 3 is 2.00 bits per heavy atom. The maximum Gasteiger partial charge on any atom is 0.244 e. The number of hydrazone groups is 1. The van der Waals surface area contributed by atoms with Gasteiger partial charge in [0.25, 0.3) is 0 Å². The number of nitrogens with zero attached hydrogens (tertiary/aromatic N) is 1. The van der Waals surface area contributed by atoms with Gasteiger partial charge in [-0.3, -0.25) is 4.79 Å². The molecule has 0 heterocycles. The number of phenols is 1. The zero-order chi connectivity index (χ0) is 19.6. The topological polar surface area (TPSA) is 61.7 Å². The molecule has 0 saturated heterocycles. The van der Waals surface area contributed by atoms with Gasteiger partial charge in [-0.25, -0.2) is 5.43 Å². The van der Waals surface area contributed by atoms with Crippen molar-refractivity contribution in [1.29, 1.82) is 0 Å². The summed E-state index contributed by atoms with van der Waals surface area (Å²) in [4.78, 5) is 12.9. The second-order valence-electron chi connectivity index (χ2n) is 7.18. The maximum atomic E-state index is 12.9. The number of rotatable bonds is 5. The van der Waals surface area contributed by atoms with Crippen molar-refractivity contribution in [2.75, 3.05) is 0 Å². The highest BCUT2D eigenvalue weighted by molar-refractivity contribution is 5.99.